The second kappa shape index (κ2) is 8.08. The van der Waals surface area contributed by atoms with E-state index < -0.39 is 0 Å². The van der Waals surface area contributed by atoms with Gasteiger partial charge in [-0.2, -0.15) is 0 Å². The first-order valence-corrected chi connectivity index (χ1v) is 11.0. The van der Waals surface area contributed by atoms with E-state index in [1.54, 1.807) is 22.9 Å². The Morgan fingerprint density at radius 3 is 2.60 bits per heavy atom. The molecular formula is C21H20BrN5O2S. The highest BCUT2D eigenvalue weighted by molar-refractivity contribution is 9.10. The van der Waals surface area contributed by atoms with E-state index in [0.717, 1.165) is 26.5 Å². The van der Waals surface area contributed by atoms with Crippen LogP contribution in [0.2, 0.25) is 0 Å². The zero-order valence-electron chi connectivity index (χ0n) is 16.7. The Balaban J connectivity index is 1.72. The lowest BCUT2D eigenvalue weighted by Crippen LogP contribution is -2.19. The number of carbonyl (C=O) groups is 1. The van der Waals surface area contributed by atoms with Gasteiger partial charge in [0.15, 0.2) is 0 Å². The van der Waals surface area contributed by atoms with E-state index in [4.69, 9.17) is 4.98 Å². The van der Waals surface area contributed by atoms with Crippen LogP contribution in [0, 0.1) is 0 Å². The molecule has 1 amide bonds. The van der Waals surface area contributed by atoms with E-state index in [2.05, 4.69) is 21.2 Å². The van der Waals surface area contributed by atoms with Crippen molar-refractivity contribution in [3.05, 3.63) is 68.4 Å². The number of pyridine rings is 1. The quantitative estimate of drug-likeness (QED) is 0.456. The van der Waals surface area contributed by atoms with Crippen molar-refractivity contribution in [1.29, 1.82) is 0 Å². The number of carbonyl (C=O) groups excluding carboxylic acids is 1. The fourth-order valence-corrected chi connectivity index (χ4v) is 4.41. The molecule has 9 heteroatoms. The molecule has 4 aromatic rings. The third-order valence-corrected chi connectivity index (χ3v) is 6.24. The lowest BCUT2D eigenvalue weighted by molar-refractivity contribution is 0.103. The Morgan fingerprint density at radius 2 is 1.93 bits per heavy atom. The van der Waals surface area contributed by atoms with E-state index in [1.165, 1.54) is 17.4 Å². The molecule has 0 saturated heterocycles. The number of nitrogens with one attached hydrogen (secondary N) is 1. The highest BCUT2D eigenvalue weighted by Gasteiger charge is 2.20. The van der Waals surface area contributed by atoms with Gasteiger partial charge in [0.1, 0.15) is 10.3 Å². The molecule has 0 unspecified atom stereocenters. The van der Waals surface area contributed by atoms with E-state index in [9.17, 15) is 9.59 Å². The zero-order chi connectivity index (χ0) is 21.4. The molecule has 0 aliphatic carbocycles. The van der Waals surface area contributed by atoms with Crippen LogP contribution in [0.4, 0.5) is 11.6 Å². The van der Waals surface area contributed by atoms with Gasteiger partial charge in [-0.15, -0.1) is 11.3 Å². The van der Waals surface area contributed by atoms with Gasteiger partial charge >= 0.3 is 0 Å². The molecule has 1 aromatic carbocycles. The number of imidazole rings is 1. The minimum atomic E-state index is -0.229. The first-order chi connectivity index (χ1) is 14.4. The van der Waals surface area contributed by atoms with E-state index in [0.29, 0.717) is 17.1 Å². The van der Waals surface area contributed by atoms with Crippen LogP contribution in [0.5, 0.6) is 0 Å². The SMILES string of the molecule is CCn1cc(NC(=O)c2cc3nc(N(C)C)n(-c4ccc(Br)cc4)c3s2)ccc1=O. The summed E-state index contributed by atoms with van der Waals surface area (Å²) in [5.41, 5.74) is 2.21. The topological polar surface area (TPSA) is 72.2 Å². The average molecular weight is 486 g/mol. The average Bonchev–Trinajstić information content (AvgIpc) is 3.28. The maximum atomic E-state index is 12.8. The van der Waals surface area contributed by atoms with Crippen LogP contribution in [0.25, 0.3) is 16.0 Å². The number of hydrogen-bond acceptors (Lipinski definition) is 5. The molecule has 0 saturated carbocycles. The standard InChI is InChI=1S/C21H20BrN5O2S/c1-4-26-12-14(7-10-18(26)28)23-19(29)17-11-16-20(30-17)27(21(24-16)25(2)3)15-8-5-13(22)6-9-15/h5-12H,4H2,1-3H3,(H,23,29). The molecular weight excluding hydrogens is 466 g/mol. The lowest BCUT2D eigenvalue weighted by atomic mass is 10.3. The molecule has 3 heterocycles. The molecule has 0 fully saturated rings. The van der Waals surface area contributed by atoms with Gasteiger partial charge in [0.25, 0.3) is 11.5 Å². The summed E-state index contributed by atoms with van der Waals surface area (Å²) in [5.74, 6) is 0.564. The number of amides is 1. The minimum Gasteiger partial charge on any atom is -0.348 e. The van der Waals surface area contributed by atoms with Gasteiger partial charge in [-0.1, -0.05) is 15.9 Å². The number of aromatic nitrogens is 3. The fraction of sp³-hybridized carbons (Fsp3) is 0.190. The Kier molecular flexibility index (Phi) is 5.48. The minimum absolute atomic E-state index is 0.0960. The number of thiophene rings is 1. The maximum absolute atomic E-state index is 12.8. The Morgan fingerprint density at radius 1 is 1.20 bits per heavy atom. The van der Waals surface area contributed by atoms with Gasteiger partial charge in [0, 0.05) is 43.1 Å². The fourth-order valence-electron chi connectivity index (χ4n) is 3.14. The zero-order valence-corrected chi connectivity index (χ0v) is 19.1. The molecule has 0 atom stereocenters. The van der Waals surface area contributed by atoms with Crippen molar-refractivity contribution < 1.29 is 4.79 Å². The van der Waals surface area contributed by atoms with E-state index >= 15 is 0 Å². The molecule has 0 aliphatic heterocycles. The van der Waals surface area contributed by atoms with Gasteiger partial charge in [-0.05, 0) is 43.3 Å². The molecule has 1 N–H and O–H groups in total. The molecule has 0 aliphatic rings. The number of rotatable bonds is 5. The van der Waals surface area contributed by atoms with Crippen molar-refractivity contribution in [3.63, 3.8) is 0 Å². The van der Waals surface area contributed by atoms with Gasteiger partial charge in [0.2, 0.25) is 5.95 Å². The third kappa shape index (κ3) is 3.78. The van der Waals surface area contributed by atoms with Crippen molar-refractivity contribution >= 4 is 55.2 Å². The van der Waals surface area contributed by atoms with E-state index in [1.807, 2.05) is 54.8 Å². The summed E-state index contributed by atoms with van der Waals surface area (Å²) >= 11 is 4.85. The summed E-state index contributed by atoms with van der Waals surface area (Å²) in [6.45, 7) is 2.42. The largest absolute Gasteiger partial charge is 0.348 e. The van der Waals surface area contributed by atoms with Crippen LogP contribution in [-0.2, 0) is 6.54 Å². The summed E-state index contributed by atoms with van der Waals surface area (Å²) < 4.78 is 4.58. The van der Waals surface area contributed by atoms with Gasteiger partial charge in [0.05, 0.1) is 10.6 Å². The molecule has 0 bridgehead atoms. The normalized spacial score (nSPS) is 11.1. The highest BCUT2D eigenvalue weighted by Crippen LogP contribution is 2.33. The summed E-state index contributed by atoms with van der Waals surface area (Å²) in [6, 6.07) is 12.8. The Hall–Kier alpha value is -2.91. The molecule has 30 heavy (non-hydrogen) atoms. The van der Waals surface area contributed by atoms with Crippen molar-refractivity contribution in [2.45, 2.75) is 13.5 Å². The number of halogens is 1. The van der Waals surface area contributed by atoms with Crippen molar-refractivity contribution in [1.82, 2.24) is 14.1 Å². The first-order valence-electron chi connectivity index (χ1n) is 9.34. The molecule has 3 aromatic heterocycles. The smallest absolute Gasteiger partial charge is 0.265 e. The van der Waals surface area contributed by atoms with Crippen molar-refractivity contribution in [2.75, 3.05) is 24.3 Å². The molecule has 4 rings (SSSR count). The number of hydrogen-bond donors (Lipinski definition) is 1. The van der Waals surface area contributed by atoms with Crippen molar-refractivity contribution in [3.8, 4) is 5.69 Å². The number of benzene rings is 1. The number of nitrogens with zero attached hydrogens (tertiary/aromatic N) is 4. The molecule has 0 radical (unpaired) electrons. The molecule has 154 valence electrons. The summed E-state index contributed by atoms with van der Waals surface area (Å²) in [7, 11) is 3.88. The molecule has 0 spiro atoms. The molecule has 7 nitrogen and oxygen atoms in total. The first kappa shape index (κ1) is 20.4. The van der Waals surface area contributed by atoms with Gasteiger partial charge in [-0.3, -0.25) is 14.2 Å². The summed E-state index contributed by atoms with van der Waals surface area (Å²) in [6.07, 6.45) is 1.65. The van der Waals surface area contributed by atoms with Crippen LogP contribution < -0.4 is 15.8 Å². The van der Waals surface area contributed by atoms with Gasteiger partial charge in [-0.25, -0.2) is 4.98 Å². The summed E-state index contributed by atoms with van der Waals surface area (Å²) in [5, 5.41) is 2.87. The highest BCUT2D eigenvalue weighted by atomic mass is 79.9. The van der Waals surface area contributed by atoms with Crippen LogP contribution in [0.1, 0.15) is 16.6 Å². The second-order valence-corrected chi connectivity index (χ2v) is 8.86. The summed E-state index contributed by atoms with van der Waals surface area (Å²) in [4.78, 5) is 32.7. The second-order valence-electron chi connectivity index (χ2n) is 6.92. The number of aryl methyl sites for hydroxylation is 1. The monoisotopic (exact) mass is 485 g/mol. The lowest BCUT2D eigenvalue weighted by Gasteiger charge is -2.14. The van der Waals surface area contributed by atoms with Crippen LogP contribution >= 0.6 is 27.3 Å². The van der Waals surface area contributed by atoms with Crippen LogP contribution in [0.3, 0.4) is 0 Å². The van der Waals surface area contributed by atoms with Crippen LogP contribution in [0.15, 0.2) is 57.9 Å². The Labute approximate surface area is 185 Å². The predicted octanol–water partition coefficient (Wildman–Crippen LogP) is 4.35. The number of fused-ring (bicyclic) bond motifs is 1. The Bertz CT molecular complexity index is 1290. The van der Waals surface area contributed by atoms with Gasteiger partial charge < -0.3 is 14.8 Å². The third-order valence-electron chi connectivity index (χ3n) is 4.61. The van der Waals surface area contributed by atoms with E-state index in [-0.39, 0.29) is 11.5 Å². The number of anilines is 2. The van der Waals surface area contributed by atoms with Crippen molar-refractivity contribution in [2.24, 2.45) is 0 Å². The maximum Gasteiger partial charge on any atom is 0.265 e. The predicted molar refractivity (Wildman–Crippen MR) is 125 cm³/mol. The van der Waals surface area contributed by atoms with Crippen LogP contribution in [-0.4, -0.2) is 34.1 Å².